The quantitative estimate of drug-likeness (QED) is 0.146. The number of amides is 1. The first-order valence-corrected chi connectivity index (χ1v) is 16.9. The Hall–Kier alpha value is -5.78. The molecule has 2 aliphatic heterocycles. The van der Waals surface area contributed by atoms with Crippen molar-refractivity contribution < 1.29 is 37.3 Å². The molecule has 0 radical (unpaired) electrons. The molecule has 1 amide bonds. The van der Waals surface area contributed by atoms with Gasteiger partial charge in [0, 0.05) is 38.2 Å². The fourth-order valence-electron chi connectivity index (χ4n) is 6.84. The number of benzene rings is 3. The zero-order valence-corrected chi connectivity index (χ0v) is 29.8. The van der Waals surface area contributed by atoms with Gasteiger partial charge in [0.25, 0.3) is 0 Å². The predicted molar refractivity (Wildman–Crippen MR) is 193 cm³/mol. The van der Waals surface area contributed by atoms with Gasteiger partial charge in [-0.05, 0) is 56.5 Å². The zero-order chi connectivity index (χ0) is 37.6. The molecule has 2 saturated heterocycles. The number of piperazine rings is 1. The van der Waals surface area contributed by atoms with Gasteiger partial charge in [0.05, 0.1) is 36.4 Å². The second kappa shape index (κ2) is 14.0. The van der Waals surface area contributed by atoms with Gasteiger partial charge in [0.1, 0.15) is 39.8 Å². The Balaban J connectivity index is 1.49. The third kappa shape index (κ3) is 6.69. The molecule has 0 aliphatic carbocycles. The van der Waals surface area contributed by atoms with Crippen LogP contribution in [0.4, 0.5) is 19.4 Å². The minimum absolute atomic E-state index is 0.0794. The SMILES string of the molecule is C#Cc1c(F)ccc2cc(OCOC)cc(-c3nc(Oc4ccccc4)c4c(N5C6COCC5CN(C(=O)OC(C)(C)C)C6)nc(=O)n(C)c4c3F)c12. The summed E-state index contributed by atoms with van der Waals surface area (Å²) in [6.45, 7) is 6.01. The minimum Gasteiger partial charge on any atom is -0.468 e. The van der Waals surface area contributed by atoms with Crippen LogP contribution in [0.15, 0.2) is 59.4 Å². The summed E-state index contributed by atoms with van der Waals surface area (Å²) < 4.78 is 62.6. The maximum Gasteiger partial charge on any atom is 0.410 e. The molecule has 0 spiro atoms. The highest BCUT2D eigenvalue weighted by molar-refractivity contribution is 6.04. The lowest BCUT2D eigenvalue weighted by molar-refractivity contribution is -0.0106. The average molecular weight is 726 g/mol. The molecule has 274 valence electrons. The number of methoxy groups -OCH3 is 1. The number of terminal acetylenes is 1. The van der Waals surface area contributed by atoms with Crippen molar-refractivity contribution in [3.63, 3.8) is 0 Å². The van der Waals surface area contributed by atoms with Crippen molar-refractivity contribution in [3.05, 3.63) is 82.3 Å². The minimum atomic E-state index is -0.908. The second-order valence-corrected chi connectivity index (χ2v) is 13.8. The fraction of sp³-hybridized carbons (Fsp3) is 0.333. The van der Waals surface area contributed by atoms with Gasteiger partial charge < -0.3 is 33.5 Å². The Kier molecular flexibility index (Phi) is 9.39. The van der Waals surface area contributed by atoms with Crippen LogP contribution in [-0.4, -0.2) is 83.4 Å². The van der Waals surface area contributed by atoms with E-state index in [0.29, 0.717) is 11.1 Å². The second-order valence-electron chi connectivity index (χ2n) is 13.8. The molecular formula is C39H37F2N5O7. The van der Waals surface area contributed by atoms with Gasteiger partial charge in [-0.1, -0.05) is 30.2 Å². The molecule has 14 heteroatoms. The summed E-state index contributed by atoms with van der Waals surface area (Å²) in [5.41, 5.74) is -1.91. The molecule has 2 aromatic heterocycles. The lowest BCUT2D eigenvalue weighted by Crippen LogP contribution is -2.66. The third-order valence-corrected chi connectivity index (χ3v) is 9.03. The highest BCUT2D eigenvalue weighted by Crippen LogP contribution is 2.43. The first kappa shape index (κ1) is 35.6. The number of fused-ring (bicyclic) bond motifs is 4. The van der Waals surface area contributed by atoms with Crippen molar-refractivity contribution >= 4 is 33.6 Å². The van der Waals surface area contributed by atoms with Gasteiger partial charge in [-0.25, -0.2) is 23.4 Å². The summed E-state index contributed by atoms with van der Waals surface area (Å²) in [7, 11) is 2.85. The molecule has 3 aromatic carbocycles. The van der Waals surface area contributed by atoms with Gasteiger partial charge in [-0.15, -0.1) is 6.42 Å². The van der Waals surface area contributed by atoms with E-state index in [1.807, 2.05) is 11.0 Å². The van der Waals surface area contributed by atoms with Crippen LogP contribution < -0.4 is 20.1 Å². The number of rotatable bonds is 7. The lowest BCUT2D eigenvalue weighted by atomic mass is 9.95. The monoisotopic (exact) mass is 725 g/mol. The molecule has 12 nitrogen and oxygen atoms in total. The van der Waals surface area contributed by atoms with E-state index < -0.39 is 41.1 Å². The molecule has 2 fully saturated rings. The Morgan fingerprint density at radius 3 is 2.40 bits per heavy atom. The maximum absolute atomic E-state index is 17.5. The standard InChI is InChI=1S/C39H37F2N5O7/c1-7-27-29(40)14-13-22-15-26(51-21-49-6)16-28(30(22)27)33-32(41)34-31(36(42-33)52-25-11-9-8-10-12-25)35(43-37(47)44(34)5)46-23-17-45(18-24(46)20-50-19-23)38(48)53-39(2,3)4/h1,8-16,23-24H,17-21H2,2-6H3. The smallest absolute Gasteiger partial charge is 0.410 e. The van der Waals surface area contributed by atoms with Crippen molar-refractivity contribution in [2.24, 2.45) is 7.05 Å². The number of anilines is 1. The van der Waals surface area contributed by atoms with E-state index in [-0.39, 0.29) is 83.7 Å². The number of ether oxygens (including phenoxy) is 5. The third-order valence-electron chi connectivity index (χ3n) is 9.03. The predicted octanol–water partition coefficient (Wildman–Crippen LogP) is 6.01. The summed E-state index contributed by atoms with van der Waals surface area (Å²) >= 11 is 0. The Labute approximate surface area is 303 Å². The van der Waals surface area contributed by atoms with Crippen LogP contribution >= 0.6 is 0 Å². The molecule has 2 atom stereocenters. The Bertz CT molecular complexity index is 2320. The Morgan fingerprint density at radius 2 is 1.74 bits per heavy atom. The van der Waals surface area contributed by atoms with E-state index in [0.717, 1.165) is 4.57 Å². The number of aromatic nitrogens is 3. The molecule has 4 heterocycles. The van der Waals surface area contributed by atoms with E-state index in [1.54, 1.807) is 56.0 Å². The topological polar surface area (TPSA) is 117 Å². The molecule has 0 saturated carbocycles. The molecule has 53 heavy (non-hydrogen) atoms. The van der Waals surface area contributed by atoms with Crippen LogP contribution in [0.25, 0.3) is 32.9 Å². The fourth-order valence-corrected chi connectivity index (χ4v) is 6.84. The first-order chi connectivity index (χ1) is 25.4. The molecule has 2 aliphatic rings. The zero-order valence-electron chi connectivity index (χ0n) is 29.8. The van der Waals surface area contributed by atoms with Crippen LogP contribution in [0, 0.1) is 24.0 Å². The van der Waals surface area contributed by atoms with Crippen LogP contribution in [0.1, 0.15) is 26.3 Å². The largest absolute Gasteiger partial charge is 0.468 e. The Morgan fingerprint density at radius 1 is 1.02 bits per heavy atom. The molecule has 5 aromatic rings. The number of carbonyl (C=O) groups excluding carboxylic acids is 1. The number of aryl methyl sites for hydroxylation is 1. The first-order valence-electron chi connectivity index (χ1n) is 16.9. The summed E-state index contributed by atoms with van der Waals surface area (Å²) in [5, 5.41) is 0.770. The number of para-hydroxylation sites is 1. The van der Waals surface area contributed by atoms with Crippen molar-refractivity contribution in [1.29, 1.82) is 0 Å². The van der Waals surface area contributed by atoms with E-state index in [9.17, 15) is 9.59 Å². The van der Waals surface area contributed by atoms with Gasteiger partial charge >= 0.3 is 11.8 Å². The van der Waals surface area contributed by atoms with Crippen LogP contribution in [0.3, 0.4) is 0 Å². The summed E-state index contributed by atoms with van der Waals surface area (Å²) in [5.74, 6) is 1.48. The van der Waals surface area contributed by atoms with Gasteiger partial charge in [-0.2, -0.15) is 4.98 Å². The van der Waals surface area contributed by atoms with Gasteiger partial charge in [0.2, 0.25) is 5.88 Å². The number of hydrogen-bond acceptors (Lipinski definition) is 10. The number of nitrogens with zero attached hydrogens (tertiary/aromatic N) is 5. The number of halogens is 2. The van der Waals surface area contributed by atoms with Crippen LogP contribution in [0.2, 0.25) is 0 Å². The van der Waals surface area contributed by atoms with E-state index in [1.165, 1.54) is 32.4 Å². The van der Waals surface area contributed by atoms with Crippen molar-refractivity contribution in [1.82, 2.24) is 19.4 Å². The van der Waals surface area contributed by atoms with E-state index in [2.05, 4.69) is 10.9 Å². The van der Waals surface area contributed by atoms with Crippen molar-refractivity contribution in [2.45, 2.75) is 38.5 Å². The highest BCUT2D eigenvalue weighted by Gasteiger charge is 2.43. The number of carbonyl (C=O) groups is 1. The highest BCUT2D eigenvalue weighted by atomic mass is 19.1. The maximum atomic E-state index is 17.5. The van der Waals surface area contributed by atoms with E-state index >= 15 is 8.78 Å². The van der Waals surface area contributed by atoms with Crippen LogP contribution in [-0.2, 0) is 21.3 Å². The number of pyridine rings is 1. The van der Waals surface area contributed by atoms with Crippen molar-refractivity contribution in [2.75, 3.05) is 45.1 Å². The number of morpholine rings is 1. The van der Waals surface area contributed by atoms with Crippen molar-refractivity contribution in [3.8, 4) is 41.0 Å². The normalized spacial score (nSPS) is 17.2. The summed E-state index contributed by atoms with van der Waals surface area (Å²) in [6, 6.07) is 13.6. The number of hydrogen-bond donors (Lipinski definition) is 0. The van der Waals surface area contributed by atoms with E-state index in [4.69, 9.17) is 35.1 Å². The van der Waals surface area contributed by atoms with Crippen LogP contribution in [0.5, 0.6) is 17.4 Å². The summed E-state index contributed by atoms with van der Waals surface area (Å²) in [4.78, 5) is 39.6. The van der Waals surface area contributed by atoms with Gasteiger partial charge in [0.15, 0.2) is 12.6 Å². The summed E-state index contributed by atoms with van der Waals surface area (Å²) in [6.07, 6.45) is 5.33. The molecule has 2 unspecified atom stereocenters. The van der Waals surface area contributed by atoms with Gasteiger partial charge in [-0.3, -0.25) is 4.57 Å². The molecular weight excluding hydrogens is 688 g/mol. The average Bonchev–Trinajstić information content (AvgIpc) is 3.12. The molecule has 0 N–H and O–H groups in total. The lowest BCUT2D eigenvalue weighted by Gasteiger charge is -2.50. The molecule has 2 bridgehead atoms. The molecule has 7 rings (SSSR count).